The first-order chi connectivity index (χ1) is 16.1. The molecule has 1 aromatic heterocycles. The van der Waals surface area contributed by atoms with E-state index < -0.39 is 0 Å². The first-order valence-corrected chi connectivity index (χ1v) is 12.1. The molecule has 3 heterocycles. The minimum absolute atomic E-state index is 0.0594. The maximum Gasteiger partial charge on any atom is 0.260 e. The Morgan fingerprint density at radius 1 is 1.03 bits per heavy atom. The molecule has 2 fully saturated rings. The zero-order chi connectivity index (χ0) is 22.8. The average Bonchev–Trinajstić information content (AvgIpc) is 3.27. The van der Waals surface area contributed by atoms with Gasteiger partial charge in [-0.05, 0) is 81.2 Å². The molecule has 1 amide bonds. The van der Waals surface area contributed by atoms with E-state index in [4.69, 9.17) is 4.74 Å². The van der Waals surface area contributed by atoms with Crippen molar-refractivity contribution in [2.24, 2.45) is 0 Å². The highest BCUT2D eigenvalue weighted by atomic mass is 16.5. The number of aromatic amines is 1. The second-order valence-electron chi connectivity index (χ2n) is 9.47. The quantitative estimate of drug-likeness (QED) is 0.643. The molecule has 2 aliphatic heterocycles. The van der Waals surface area contributed by atoms with Crippen LogP contribution in [0.2, 0.25) is 0 Å². The van der Waals surface area contributed by atoms with E-state index in [-0.39, 0.29) is 12.5 Å². The number of para-hydroxylation sites is 1. The molecule has 2 saturated heterocycles. The summed E-state index contributed by atoms with van der Waals surface area (Å²) in [7, 11) is 2.19. The molecule has 0 atom stereocenters. The van der Waals surface area contributed by atoms with Crippen molar-refractivity contribution in [3.63, 3.8) is 0 Å². The fourth-order valence-electron chi connectivity index (χ4n) is 5.22. The summed E-state index contributed by atoms with van der Waals surface area (Å²) < 4.78 is 5.96. The third kappa shape index (κ3) is 4.71. The van der Waals surface area contributed by atoms with Crippen LogP contribution >= 0.6 is 0 Å². The number of carbonyl (C=O) groups is 1. The Balaban J connectivity index is 1.18. The van der Waals surface area contributed by atoms with E-state index in [1.807, 2.05) is 11.0 Å². The molecule has 0 bridgehead atoms. The number of nitrogens with one attached hydrogen (secondary N) is 1. The second kappa shape index (κ2) is 9.48. The average molecular weight is 447 g/mol. The normalized spacial score (nSPS) is 18.1. The zero-order valence-corrected chi connectivity index (χ0v) is 19.7. The Morgan fingerprint density at radius 3 is 2.55 bits per heavy atom. The molecular formula is C27H34N4O2. The molecule has 5 rings (SSSR count). The number of fused-ring (bicyclic) bond motifs is 1. The molecule has 6 nitrogen and oxygen atoms in total. The lowest BCUT2D eigenvalue weighted by atomic mass is 9.89. The van der Waals surface area contributed by atoms with Crippen molar-refractivity contribution in [2.75, 3.05) is 57.8 Å². The highest BCUT2D eigenvalue weighted by molar-refractivity contribution is 5.85. The summed E-state index contributed by atoms with van der Waals surface area (Å²) in [5.74, 6) is 1.41. The lowest BCUT2D eigenvalue weighted by Crippen LogP contribution is -2.50. The first-order valence-electron chi connectivity index (χ1n) is 12.1. The second-order valence-corrected chi connectivity index (χ2v) is 9.47. The number of aromatic nitrogens is 1. The van der Waals surface area contributed by atoms with Crippen LogP contribution in [0.1, 0.15) is 29.9 Å². The molecule has 0 spiro atoms. The molecule has 6 heteroatoms. The maximum atomic E-state index is 12.8. The van der Waals surface area contributed by atoms with E-state index in [1.165, 1.54) is 35.0 Å². The number of piperazine rings is 1. The van der Waals surface area contributed by atoms with Gasteiger partial charge in [0.1, 0.15) is 5.75 Å². The number of carbonyl (C=O) groups excluding carboxylic acids is 1. The molecule has 174 valence electrons. The van der Waals surface area contributed by atoms with Crippen molar-refractivity contribution in [3.05, 3.63) is 59.8 Å². The van der Waals surface area contributed by atoms with Gasteiger partial charge in [-0.3, -0.25) is 4.79 Å². The molecular weight excluding hydrogens is 412 g/mol. The maximum absolute atomic E-state index is 12.8. The molecule has 0 saturated carbocycles. The van der Waals surface area contributed by atoms with Gasteiger partial charge in [0.2, 0.25) is 0 Å². The molecule has 0 radical (unpaired) electrons. The third-order valence-corrected chi connectivity index (χ3v) is 7.29. The minimum atomic E-state index is 0.0594. The molecule has 0 unspecified atom stereocenters. The summed E-state index contributed by atoms with van der Waals surface area (Å²) in [5.41, 5.74) is 5.05. The van der Waals surface area contributed by atoms with Crippen LogP contribution in [0.25, 0.3) is 10.9 Å². The summed E-state index contributed by atoms with van der Waals surface area (Å²) in [6.07, 6.45) is 4.52. The van der Waals surface area contributed by atoms with E-state index in [1.54, 1.807) is 0 Å². The number of piperidine rings is 1. The van der Waals surface area contributed by atoms with E-state index in [2.05, 4.69) is 71.4 Å². The van der Waals surface area contributed by atoms with Crippen LogP contribution in [0.4, 0.5) is 5.69 Å². The predicted octanol–water partition coefficient (Wildman–Crippen LogP) is 4.01. The van der Waals surface area contributed by atoms with Crippen molar-refractivity contribution >= 4 is 22.5 Å². The van der Waals surface area contributed by atoms with Gasteiger partial charge in [-0.25, -0.2) is 0 Å². The number of hydrogen-bond acceptors (Lipinski definition) is 4. The highest BCUT2D eigenvalue weighted by Gasteiger charge is 2.23. The van der Waals surface area contributed by atoms with Crippen LogP contribution in [0.5, 0.6) is 5.75 Å². The zero-order valence-electron chi connectivity index (χ0n) is 19.7. The number of aryl methyl sites for hydroxylation is 1. The lowest BCUT2D eigenvalue weighted by Gasteiger charge is -2.36. The number of ether oxygens (including phenoxy) is 1. The summed E-state index contributed by atoms with van der Waals surface area (Å²) in [4.78, 5) is 22.9. The largest absolute Gasteiger partial charge is 0.484 e. The van der Waals surface area contributed by atoms with E-state index in [0.717, 1.165) is 50.5 Å². The molecule has 2 aliphatic rings. The Labute approximate surface area is 196 Å². The Bertz CT molecular complexity index is 1110. The number of benzene rings is 2. The van der Waals surface area contributed by atoms with E-state index in [0.29, 0.717) is 5.92 Å². The van der Waals surface area contributed by atoms with Crippen LogP contribution < -0.4 is 9.64 Å². The molecule has 0 aliphatic carbocycles. The number of amides is 1. The SMILES string of the molecule is Cc1ccccc1N1CCN(C(=O)COc2ccc3[nH]cc(C4CCN(C)CC4)c3c2)CC1. The number of H-pyrrole nitrogens is 1. The van der Waals surface area contributed by atoms with E-state index >= 15 is 0 Å². The van der Waals surface area contributed by atoms with Crippen molar-refractivity contribution in [1.82, 2.24) is 14.8 Å². The Kier molecular flexibility index (Phi) is 6.27. The number of rotatable bonds is 5. The molecule has 33 heavy (non-hydrogen) atoms. The van der Waals surface area contributed by atoms with Crippen LogP contribution in [0.15, 0.2) is 48.7 Å². The van der Waals surface area contributed by atoms with Gasteiger partial charge in [-0.2, -0.15) is 0 Å². The number of hydrogen-bond donors (Lipinski definition) is 1. The molecule has 2 aromatic carbocycles. The van der Waals surface area contributed by atoms with Gasteiger partial charge in [0.25, 0.3) is 5.91 Å². The van der Waals surface area contributed by atoms with Gasteiger partial charge in [0.15, 0.2) is 6.61 Å². The number of likely N-dealkylation sites (tertiary alicyclic amines) is 1. The fraction of sp³-hybridized carbons (Fsp3) is 0.444. The van der Waals surface area contributed by atoms with Crippen molar-refractivity contribution in [3.8, 4) is 5.75 Å². The predicted molar refractivity (Wildman–Crippen MR) is 133 cm³/mol. The van der Waals surface area contributed by atoms with Crippen LogP contribution in [0, 0.1) is 6.92 Å². The number of anilines is 1. The molecule has 1 N–H and O–H groups in total. The topological polar surface area (TPSA) is 51.8 Å². The fourth-order valence-corrected chi connectivity index (χ4v) is 5.22. The van der Waals surface area contributed by atoms with Crippen LogP contribution in [-0.2, 0) is 4.79 Å². The Morgan fingerprint density at radius 2 is 1.79 bits per heavy atom. The van der Waals surface area contributed by atoms with Crippen molar-refractivity contribution < 1.29 is 9.53 Å². The minimum Gasteiger partial charge on any atom is -0.484 e. The summed E-state index contributed by atoms with van der Waals surface area (Å²) in [6, 6.07) is 14.6. The van der Waals surface area contributed by atoms with Gasteiger partial charge in [-0.15, -0.1) is 0 Å². The van der Waals surface area contributed by atoms with Gasteiger partial charge < -0.3 is 24.4 Å². The van der Waals surface area contributed by atoms with Crippen LogP contribution in [-0.4, -0.2) is 73.6 Å². The standard InChI is InChI=1S/C27H34N4O2/c1-20-5-3-4-6-26(20)30-13-15-31(16-14-30)27(32)19-33-22-7-8-25-23(17-22)24(18-28-25)21-9-11-29(2)12-10-21/h3-8,17-18,21,28H,9-16,19H2,1-2H3. The van der Waals surface area contributed by atoms with Crippen molar-refractivity contribution in [1.29, 1.82) is 0 Å². The summed E-state index contributed by atoms with van der Waals surface area (Å²) in [6.45, 7) is 7.67. The summed E-state index contributed by atoms with van der Waals surface area (Å²) >= 11 is 0. The smallest absolute Gasteiger partial charge is 0.260 e. The highest BCUT2D eigenvalue weighted by Crippen LogP contribution is 2.34. The lowest BCUT2D eigenvalue weighted by molar-refractivity contribution is -0.133. The van der Waals surface area contributed by atoms with Gasteiger partial charge in [-0.1, -0.05) is 18.2 Å². The first kappa shape index (κ1) is 21.8. The number of nitrogens with zero attached hydrogens (tertiary/aromatic N) is 3. The Hall–Kier alpha value is -2.99. The van der Waals surface area contributed by atoms with Gasteiger partial charge in [0, 0.05) is 49.0 Å². The van der Waals surface area contributed by atoms with Gasteiger partial charge in [0.05, 0.1) is 0 Å². The summed E-state index contributed by atoms with van der Waals surface area (Å²) in [5, 5.41) is 1.22. The monoisotopic (exact) mass is 446 g/mol. The van der Waals surface area contributed by atoms with Crippen LogP contribution in [0.3, 0.4) is 0 Å². The van der Waals surface area contributed by atoms with Crippen molar-refractivity contribution in [2.45, 2.75) is 25.7 Å². The van der Waals surface area contributed by atoms with E-state index in [9.17, 15) is 4.79 Å². The molecule has 3 aromatic rings. The third-order valence-electron chi connectivity index (χ3n) is 7.29. The van der Waals surface area contributed by atoms with Gasteiger partial charge >= 0.3 is 0 Å².